The number of rotatable bonds is 7. The molecule has 1 atom stereocenters. The molecule has 7 heteroatoms. The zero-order valence-corrected chi connectivity index (χ0v) is 16.3. The van der Waals surface area contributed by atoms with Crippen molar-refractivity contribution < 1.29 is 9.53 Å². The number of likely N-dealkylation sites (tertiary alicyclic amines) is 1. The highest BCUT2D eigenvalue weighted by Gasteiger charge is 2.31. The molecule has 1 amide bonds. The largest absolute Gasteiger partial charge is 0.367 e. The van der Waals surface area contributed by atoms with E-state index < -0.39 is 0 Å². The number of aromatic nitrogens is 1. The summed E-state index contributed by atoms with van der Waals surface area (Å²) in [5.74, 6) is 2.38. The lowest BCUT2D eigenvalue weighted by atomic mass is 9.95. The summed E-state index contributed by atoms with van der Waals surface area (Å²) in [7, 11) is 0. The van der Waals surface area contributed by atoms with Crippen molar-refractivity contribution in [2.75, 3.05) is 51.2 Å². The summed E-state index contributed by atoms with van der Waals surface area (Å²) < 4.78 is 5.70. The van der Waals surface area contributed by atoms with Crippen molar-refractivity contribution in [3.63, 3.8) is 0 Å². The van der Waals surface area contributed by atoms with E-state index in [1.54, 1.807) is 18.3 Å². The van der Waals surface area contributed by atoms with Gasteiger partial charge in [0.2, 0.25) is 5.91 Å². The first kappa shape index (κ1) is 19.2. The number of hydrogen-bond donors (Lipinski definition) is 1. The van der Waals surface area contributed by atoms with E-state index >= 15 is 0 Å². The zero-order chi connectivity index (χ0) is 19.3. The highest BCUT2D eigenvalue weighted by molar-refractivity contribution is 5.78. The molecular formula is C21H29N5O2. The van der Waals surface area contributed by atoms with E-state index in [0.717, 1.165) is 12.5 Å². The summed E-state index contributed by atoms with van der Waals surface area (Å²) in [5, 5.41) is 12.1. The maximum absolute atomic E-state index is 12.3. The predicted molar refractivity (Wildman–Crippen MR) is 106 cm³/mol. The van der Waals surface area contributed by atoms with E-state index in [9.17, 15) is 4.79 Å². The predicted octanol–water partition coefficient (Wildman–Crippen LogP) is 1.71. The van der Waals surface area contributed by atoms with Gasteiger partial charge in [-0.25, -0.2) is 4.98 Å². The summed E-state index contributed by atoms with van der Waals surface area (Å²) in [6.45, 7) is 5.87. The molecule has 3 aliphatic rings. The minimum atomic E-state index is -0.0369. The first-order chi connectivity index (χ1) is 13.7. The van der Waals surface area contributed by atoms with E-state index in [-0.39, 0.29) is 18.6 Å². The Labute approximate surface area is 166 Å². The molecule has 0 aromatic carbocycles. The van der Waals surface area contributed by atoms with Crippen LogP contribution in [0.15, 0.2) is 18.3 Å². The first-order valence-corrected chi connectivity index (χ1v) is 10.4. The number of nitrogens with zero attached hydrogens (tertiary/aromatic N) is 4. The highest BCUT2D eigenvalue weighted by atomic mass is 16.5. The highest BCUT2D eigenvalue weighted by Crippen LogP contribution is 2.31. The summed E-state index contributed by atoms with van der Waals surface area (Å²) >= 11 is 0. The Morgan fingerprint density at radius 2 is 1.96 bits per heavy atom. The molecule has 0 spiro atoms. The van der Waals surface area contributed by atoms with Gasteiger partial charge in [-0.05, 0) is 62.7 Å². The second-order valence-electron chi connectivity index (χ2n) is 8.34. The average molecular weight is 383 g/mol. The van der Waals surface area contributed by atoms with Gasteiger partial charge in [0.15, 0.2) is 0 Å². The quantitative estimate of drug-likeness (QED) is 0.772. The second-order valence-corrected chi connectivity index (χ2v) is 8.34. The molecule has 2 aliphatic heterocycles. The van der Waals surface area contributed by atoms with Crippen molar-refractivity contribution in [2.24, 2.45) is 11.8 Å². The van der Waals surface area contributed by atoms with Crippen LogP contribution in [0.4, 0.5) is 5.82 Å². The van der Waals surface area contributed by atoms with Crippen LogP contribution >= 0.6 is 0 Å². The molecule has 1 unspecified atom stereocenters. The number of morpholine rings is 1. The summed E-state index contributed by atoms with van der Waals surface area (Å²) in [4.78, 5) is 21.1. The first-order valence-electron chi connectivity index (χ1n) is 10.4. The molecule has 3 heterocycles. The van der Waals surface area contributed by atoms with E-state index in [4.69, 9.17) is 10.00 Å². The van der Waals surface area contributed by atoms with Crippen molar-refractivity contribution in [1.82, 2.24) is 14.8 Å². The van der Waals surface area contributed by atoms with E-state index in [0.29, 0.717) is 30.4 Å². The third-order valence-electron chi connectivity index (χ3n) is 6.02. The van der Waals surface area contributed by atoms with Crippen LogP contribution < -0.4 is 5.32 Å². The summed E-state index contributed by atoms with van der Waals surface area (Å²) in [6, 6.07) is 5.59. The third kappa shape index (κ3) is 5.21. The molecule has 28 heavy (non-hydrogen) atoms. The lowest BCUT2D eigenvalue weighted by Crippen LogP contribution is -2.51. The van der Waals surface area contributed by atoms with Crippen LogP contribution in [0.1, 0.15) is 31.2 Å². The van der Waals surface area contributed by atoms with Crippen LogP contribution in [0.25, 0.3) is 0 Å². The molecule has 1 saturated carbocycles. The zero-order valence-electron chi connectivity index (χ0n) is 16.3. The number of carbonyl (C=O) groups is 1. The van der Waals surface area contributed by atoms with Gasteiger partial charge in [0.25, 0.3) is 0 Å². The van der Waals surface area contributed by atoms with E-state index in [1.807, 2.05) is 4.90 Å². The third-order valence-corrected chi connectivity index (χ3v) is 6.02. The minimum Gasteiger partial charge on any atom is -0.367 e. The maximum atomic E-state index is 12.3. The van der Waals surface area contributed by atoms with Crippen molar-refractivity contribution >= 4 is 11.7 Å². The van der Waals surface area contributed by atoms with Crippen molar-refractivity contribution in [2.45, 2.75) is 31.8 Å². The smallest absolute Gasteiger partial charge is 0.248 e. The topological polar surface area (TPSA) is 81.5 Å². The number of ether oxygens (including phenoxy) is 1. The molecule has 1 aromatic heterocycles. The lowest BCUT2D eigenvalue weighted by molar-refractivity contribution is -0.149. The normalized spacial score (nSPS) is 24.2. The fraction of sp³-hybridized carbons (Fsp3) is 0.667. The Kier molecular flexibility index (Phi) is 6.08. The molecule has 3 fully saturated rings. The molecule has 4 rings (SSSR count). The van der Waals surface area contributed by atoms with Crippen LogP contribution in [0.2, 0.25) is 0 Å². The fourth-order valence-corrected chi connectivity index (χ4v) is 4.09. The summed E-state index contributed by atoms with van der Waals surface area (Å²) in [5.41, 5.74) is 0.541. The Morgan fingerprint density at radius 3 is 2.64 bits per heavy atom. The number of nitriles is 1. The van der Waals surface area contributed by atoms with Gasteiger partial charge < -0.3 is 19.9 Å². The number of pyridine rings is 1. The molecule has 1 aromatic rings. The molecule has 1 aliphatic carbocycles. The molecule has 1 N–H and O–H groups in total. The van der Waals surface area contributed by atoms with Crippen molar-refractivity contribution in [1.29, 1.82) is 5.26 Å². The summed E-state index contributed by atoms with van der Waals surface area (Å²) in [6.07, 6.45) is 6.72. The standard InChI is InChI=1S/C21H29N5O2/c22-9-18-3-4-20(23-10-18)24-11-19-14-26(21(27)15-28-19)13-17-5-7-25(8-6-17)12-16-1-2-16/h3-4,10,16-17,19H,1-2,5-8,11-15H2,(H,23,24). The number of carbonyl (C=O) groups excluding carboxylic acids is 1. The number of anilines is 1. The molecule has 7 nitrogen and oxygen atoms in total. The van der Waals surface area contributed by atoms with Crippen LogP contribution in [0.5, 0.6) is 0 Å². The number of amides is 1. The van der Waals surface area contributed by atoms with Crippen LogP contribution in [-0.4, -0.2) is 72.7 Å². The van der Waals surface area contributed by atoms with Gasteiger partial charge in [-0.15, -0.1) is 0 Å². The van der Waals surface area contributed by atoms with Crippen LogP contribution in [-0.2, 0) is 9.53 Å². The Morgan fingerprint density at radius 1 is 1.18 bits per heavy atom. The monoisotopic (exact) mass is 383 g/mol. The van der Waals surface area contributed by atoms with Gasteiger partial charge in [-0.1, -0.05) is 0 Å². The molecule has 0 radical (unpaired) electrons. The lowest BCUT2D eigenvalue weighted by Gasteiger charge is -2.38. The fourth-order valence-electron chi connectivity index (χ4n) is 4.09. The average Bonchev–Trinajstić information content (AvgIpc) is 3.54. The molecule has 150 valence electrons. The minimum absolute atomic E-state index is 0.0369. The molecule has 2 saturated heterocycles. The van der Waals surface area contributed by atoms with Gasteiger partial charge in [-0.3, -0.25) is 4.79 Å². The van der Waals surface area contributed by atoms with Gasteiger partial charge in [0.05, 0.1) is 11.7 Å². The van der Waals surface area contributed by atoms with Crippen LogP contribution in [0, 0.1) is 23.2 Å². The van der Waals surface area contributed by atoms with Gasteiger partial charge >= 0.3 is 0 Å². The van der Waals surface area contributed by atoms with Crippen LogP contribution in [0.3, 0.4) is 0 Å². The number of hydrogen-bond acceptors (Lipinski definition) is 6. The van der Waals surface area contributed by atoms with Gasteiger partial charge in [-0.2, -0.15) is 5.26 Å². The van der Waals surface area contributed by atoms with E-state index in [1.165, 1.54) is 45.3 Å². The van der Waals surface area contributed by atoms with Gasteiger partial charge in [0.1, 0.15) is 18.5 Å². The maximum Gasteiger partial charge on any atom is 0.248 e. The number of nitrogens with one attached hydrogen (secondary N) is 1. The van der Waals surface area contributed by atoms with Crippen molar-refractivity contribution in [3.8, 4) is 6.07 Å². The van der Waals surface area contributed by atoms with Gasteiger partial charge in [0, 0.05) is 32.4 Å². The Hall–Kier alpha value is -2.17. The second kappa shape index (κ2) is 8.89. The Bertz CT molecular complexity index is 705. The van der Waals surface area contributed by atoms with E-state index in [2.05, 4.69) is 21.3 Å². The molecule has 0 bridgehead atoms. The SMILES string of the molecule is N#Cc1ccc(NCC2CN(CC3CCN(CC4CC4)CC3)C(=O)CO2)nc1. The number of piperidine rings is 1. The molecular weight excluding hydrogens is 354 g/mol. The Balaban J connectivity index is 1.21. The van der Waals surface area contributed by atoms with Crippen molar-refractivity contribution in [3.05, 3.63) is 23.9 Å².